The van der Waals surface area contributed by atoms with E-state index in [1.165, 1.54) is 12.2 Å². The number of hydrogen-bond acceptors (Lipinski definition) is 2. The Bertz CT molecular complexity index is 580. The van der Waals surface area contributed by atoms with E-state index in [-0.39, 0.29) is 0 Å². The van der Waals surface area contributed by atoms with Gasteiger partial charge in [0, 0.05) is 11.1 Å². The molecule has 1 aromatic rings. The number of esters is 1. The topological polar surface area (TPSA) is 26.3 Å². The van der Waals surface area contributed by atoms with Gasteiger partial charge in [-0.15, -0.1) is 0 Å². The van der Waals surface area contributed by atoms with Crippen LogP contribution in [0.5, 0.6) is 0 Å². The summed E-state index contributed by atoms with van der Waals surface area (Å²) in [4.78, 5) is 11.2. The molecule has 0 saturated heterocycles. The van der Waals surface area contributed by atoms with Crippen molar-refractivity contribution < 1.29 is 9.53 Å². The van der Waals surface area contributed by atoms with Crippen LogP contribution in [0.15, 0.2) is 71.8 Å². The van der Waals surface area contributed by atoms with Crippen molar-refractivity contribution in [2.75, 3.05) is 6.61 Å². The van der Waals surface area contributed by atoms with E-state index in [4.69, 9.17) is 16.3 Å². The number of carbonyl (C=O) groups excluding carboxylic acids is 1. The molecule has 0 N–H and O–H groups in total. The molecule has 0 bridgehead atoms. The van der Waals surface area contributed by atoms with Gasteiger partial charge in [0.25, 0.3) is 0 Å². The van der Waals surface area contributed by atoms with Gasteiger partial charge >= 0.3 is 5.97 Å². The maximum atomic E-state index is 11.2. The molecule has 0 amide bonds. The van der Waals surface area contributed by atoms with Crippen LogP contribution in [0.3, 0.4) is 0 Å². The molecule has 110 valence electrons. The largest absolute Gasteiger partial charge is 0.463 e. The van der Waals surface area contributed by atoms with E-state index in [0.717, 1.165) is 16.7 Å². The van der Waals surface area contributed by atoms with Crippen molar-refractivity contribution in [3.63, 3.8) is 0 Å². The first-order chi connectivity index (χ1) is 10.0. The summed E-state index contributed by atoms with van der Waals surface area (Å²) in [5.74, 6) is -0.403. The van der Waals surface area contributed by atoms with Crippen LogP contribution in [-0.4, -0.2) is 12.6 Å². The summed E-state index contributed by atoms with van der Waals surface area (Å²) in [6.45, 7) is 8.06. The van der Waals surface area contributed by atoms with Crippen LogP contribution in [0.4, 0.5) is 0 Å². The Labute approximate surface area is 131 Å². The molecule has 2 nitrogen and oxygen atoms in total. The lowest BCUT2D eigenvalue weighted by Crippen LogP contribution is -1.98. The molecular formula is C18H19ClO2. The fraction of sp³-hybridized carbons (Fsp3) is 0.167. The zero-order valence-corrected chi connectivity index (χ0v) is 13.1. The molecule has 0 saturated carbocycles. The van der Waals surface area contributed by atoms with Crippen molar-refractivity contribution in [2.45, 2.75) is 13.8 Å². The number of hydrogen-bond donors (Lipinski definition) is 0. The van der Waals surface area contributed by atoms with E-state index < -0.39 is 5.97 Å². The third-order valence-corrected chi connectivity index (χ3v) is 2.81. The van der Waals surface area contributed by atoms with Crippen molar-refractivity contribution in [1.82, 2.24) is 0 Å². The second-order valence-corrected chi connectivity index (χ2v) is 4.83. The lowest BCUT2D eigenvalue weighted by atomic mass is 10.1. The Balaban J connectivity index is 2.72. The van der Waals surface area contributed by atoms with Gasteiger partial charge in [-0.25, -0.2) is 4.79 Å². The summed E-state index contributed by atoms with van der Waals surface area (Å²) < 4.78 is 4.78. The SMILES string of the molecule is C=C(/C=C(C)/C=C(Cl)\C=C/C(=O)OCC)c1ccccc1. The number of ether oxygens (including phenoxy) is 1. The highest BCUT2D eigenvalue weighted by Crippen LogP contribution is 2.17. The quantitative estimate of drug-likeness (QED) is 0.425. The van der Waals surface area contributed by atoms with E-state index >= 15 is 0 Å². The van der Waals surface area contributed by atoms with Gasteiger partial charge in [0.15, 0.2) is 0 Å². The highest BCUT2D eigenvalue weighted by atomic mass is 35.5. The predicted octanol–water partition coefficient (Wildman–Crippen LogP) is 4.89. The summed E-state index contributed by atoms with van der Waals surface area (Å²) in [5, 5.41) is 0.456. The number of rotatable bonds is 6. The third-order valence-electron chi connectivity index (χ3n) is 2.58. The first kappa shape index (κ1) is 17.0. The fourth-order valence-corrected chi connectivity index (χ4v) is 1.89. The fourth-order valence-electron chi connectivity index (χ4n) is 1.66. The van der Waals surface area contributed by atoms with Crippen LogP contribution in [0.1, 0.15) is 19.4 Å². The minimum atomic E-state index is -0.403. The van der Waals surface area contributed by atoms with Gasteiger partial charge < -0.3 is 4.74 Å². The first-order valence-electron chi connectivity index (χ1n) is 6.67. The highest BCUT2D eigenvalue weighted by molar-refractivity contribution is 6.31. The summed E-state index contributed by atoms with van der Waals surface area (Å²) in [6, 6.07) is 9.89. The number of benzene rings is 1. The molecule has 0 heterocycles. The molecule has 0 unspecified atom stereocenters. The number of carbonyl (C=O) groups is 1. The van der Waals surface area contributed by atoms with Gasteiger partial charge in [0.1, 0.15) is 0 Å². The Hall–Kier alpha value is -2.06. The Morgan fingerprint density at radius 2 is 1.90 bits per heavy atom. The minimum Gasteiger partial charge on any atom is -0.463 e. The van der Waals surface area contributed by atoms with Crippen LogP contribution in [0.25, 0.3) is 5.57 Å². The van der Waals surface area contributed by atoms with Crippen molar-refractivity contribution in [3.8, 4) is 0 Å². The number of halogens is 1. The van der Waals surface area contributed by atoms with Gasteiger partial charge in [0.05, 0.1) is 6.61 Å². The smallest absolute Gasteiger partial charge is 0.330 e. The monoisotopic (exact) mass is 302 g/mol. The number of allylic oxidation sites excluding steroid dienone is 6. The second kappa shape index (κ2) is 8.98. The summed E-state index contributed by atoms with van der Waals surface area (Å²) in [5.41, 5.74) is 2.91. The van der Waals surface area contributed by atoms with Gasteiger partial charge in [-0.1, -0.05) is 54.6 Å². The molecule has 0 spiro atoms. The van der Waals surface area contributed by atoms with Crippen molar-refractivity contribution >= 4 is 23.1 Å². The molecule has 0 aromatic heterocycles. The van der Waals surface area contributed by atoms with E-state index in [1.54, 1.807) is 13.0 Å². The van der Waals surface area contributed by atoms with E-state index in [0.29, 0.717) is 11.6 Å². The average molecular weight is 303 g/mol. The zero-order valence-electron chi connectivity index (χ0n) is 12.3. The Kier molecular flexibility index (Phi) is 7.27. The molecule has 0 aliphatic heterocycles. The van der Waals surface area contributed by atoms with Crippen LogP contribution >= 0.6 is 11.6 Å². The maximum absolute atomic E-state index is 11.2. The van der Waals surface area contributed by atoms with E-state index in [2.05, 4.69) is 6.58 Å². The standard InChI is InChI=1S/C18H19ClO2/c1-4-21-18(20)11-10-17(19)13-14(2)12-15(3)16-8-6-5-7-9-16/h5-13H,3-4H2,1-2H3/b11-10-,14-12+,17-13+. The molecule has 0 radical (unpaired) electrons. The molecule has 1 aromatic carbocycles. The van der Waals surface area contributed by atoms with Gasteiger partial charge in [0.2, 0.25) is 0 Å². The van der Waals surface area contributed by atoms with Crippen molar-refractivity contribution in [2.24, 2.45) is 0 Å². The molecule has 0 aliphatic carbocycles. The molecule has 3 heteroatoms. The van der Waals surface area contributed by atoms with Gasteiger partial charge in [-0.2, -0.15) is 0 Å². The first-order valence-corrected chi connectivity index (χ1v) is 7.05. The molecule has 0 aliphatic rings. The van der Waals surface area contributed by atoms with Crippen molar-refractivity contribution in [1.29, 1.82) is 0 Å². The summed E-state index contributed by atoms with van der Waals surface area (Å²) in [6.07, 6.45) is 6.53. The lowest BCUT2D eigenvalue weighted by Gasteiger charge is -2.01. The van der Waals surface area contributed by atoms with E-state index in [1.807, 2.05) is 43.3 Å². The molecule has 0 atom stereocenters. The van der Waals surface area contributed by atoms with Crippen LogP contribution in [0.2, 0.25) is 0 Å². The summed E-state index contributed by atoms with van der Waals surface area (Å²) in [7, 11) is 0. The molecule has 1 rings (SSSR count). The van der Waals surface area contributed by atoms with Crippen molar-refractivity contribution in [3.05, 3.63) is 77.4 Å². The maximum Gasteiger partial charge on any atom is 0.330 e. The molecule has 0 fully saturated rings. The Morgan fingerprint density at radius 3 is 2.52 bits per heavy atom. The van der Waals surface area contributed by atoms with Gasteiger partial charge in [-0.05, 0) is 42.7 Å². The minimum absolute atomic E-state index is 0.348. The predicted molar refractivity (Wildman–Crippen MR) is 88.9 cm³/mol. The normalized spacial score (nSPS) is 12.5. The van der Waals surface area contributed by atoms with Crippen LogP contribution in [0, 0.1) is 0 Å². The van der Waals surface area contributed by atoms with E-state index in [9.17, 15) is 4.79 Å². The second-order valence-electron chi connectivity index (χ2n) is 4.39. The third kappa shape index (κ3) is 6.77. The van der Waals surface area contributed by atoms with Crippen LogP contribution < -0.4 is 0 Å². The summed E-state index contributed by atoms with van der Waals surface area (Å²) >= 11 is 6.05. The van der Waals surface area contributed by atoms with Crippen LogP contribution in [-0.2, 0) is 9.53 Å². The van der Waals surface area contributed by atoms with Gasteiger partial charge in [-0.3, -0.25) is 0 Å². The Morgan fingerprint density at radius 1 is 1.24 bits per heavy atom. The lowest BCUT2D eigenvalue weighted by molar-refractivity contribution is -0.137. The molecular weight excluding hydrogens is 284 g/mol. The molecule has 21 heavy (non-hydrogen) atoms. The zero-order chi connectivity index (χ0) is 15.7. The highest BCUT2D eigenvalue weighted by Gasteiger charge is 1.97. The average Bonchev–Trinajstić information content (AvgIpc) is 2.46.